The molecule has 0 bridgehead atoms. The molecule has 0 radical (unpaired) electrons. The second kappa shape index (κ2) is 6.12. The molecule has 1 aromatic carbocycles. The molecule has 2 N–H and O–H groups in total. The van der Waals surface area contributed by atoms with Gasteiger partial charge in [-0.1, -0.05) is 38.5 Å². The Morgan fingerprint density at radius 3 is 2.76 bits per heavy atom. The topological polar surface area (TPSA) is 45.1 Å². The van der Waals surface area contributed by atoms with Gasteiger partial charge in [0.1, 0.15) is 0 Å². The van der Waals surface area contributed by atoms with Crippen molar-refractivity contribution in [3.8, 4) is 0 Å². The standard InChI is InChI=1S/C18H24N2O/c1-12(2)17-11-14(13-7-3-4-8-15(13)20-17)18(21)16-9-5-6-10-19-16/h3-4,7-8,11-12,16,18-19,21H,5-6,9-10H2,1-2H3/t16-,18+/m1/s1. The van der Waals surface area contributed by atoms with Crippen LogP contribution in [0, 0.1) is 0 Å². The van der Waals surface area contributed by atoms with E-state index in [1.54, 1.807) is 0 Å². The smallest absolute Gasteiger partial charge is 0.0950 e. The number of fused-ring (bicyclic) bond motifs is 1. The van der Waals surface area contributed by atoms with Gasteiger partial charge in [-0.25, -0.2) is 0 Å². The fourth-order valence-corrected chi connectivity index (χ4v) is 3.13. The van der Waals surface area contributed by atoms with Crippen LogP contribution >= 0.6 is 0 Å². The molecule has 2 aromatic rings. The van der Waals surface area contributed by atoms with E-state index in [1.165, 1.54) is 12.8 Å². The Bertz CT molecular complexity index is 618. The minimum atomic E-state index is -0.462. The summed E-state index contributed by atoms with van der Waals surface area (Å²) in [5.41, 5.74) is 3.05. The highest BCUT2D eigenvalue weighted by molar-refractivity contribution is 5.82. The Kier molecular flexibility index (Phi) is 4.22. The van der Waals surface area contributed by atoms with E-state index in [9.17, 15) is 5.11 Å². The molecule has 0 amide bonds. The number of rotatable bonds is 3. The second-order valence-corrected chi connectivity index (χ2v) is 6.31. The van der Waals surface area contributed by atoms with E-state index >= 15 is 0 Å². The Labute approximate surface area is 126 Å². The van der Waals surface area contributed by atoms with Crippen molar-refractivity contribution in [1.29, 1.82) is 0 Å². The van der Waals surface area contributed by atoms with Crippen LogP contribution in [0.2, 0.25) is 0 Å². The summed E-state index contributed by atoms with van der Waals surface area (Å²) < 4.78 is 0. The van der Waals surface area contributed by atoms with Crippen molar-refractivity contribution in [3.63, 3.8) is 0 Å². The van der Waals surface area contributed by atoms with Gasteiger partial charge in [0.25, 0.3) is 0 Å². The molecule has 0 unspecified atom stereocenters. The van der Waals surface area contributed by atoms with E-state index in [4.69, 9.17) is 4.98 Å². The van der Waals surface area contributed by atoms with Gasteiger partial charge in [-0.05, 0) is 43.0 Å². The number of hydrogen-bond acceptors (Lipinski definition) is 3. The lowest BCUT2D eigenvalue weighted by Crippen LogP contribution is -2.38. The molecule has 2 heterocycles. The van der Waals surface area contributed by atoms with Gasteiger partial charge in [0.2, 0.25) is 0 Å². The number of pyridine rings is 1. The minimum Gasteiger partial charge on any atom is -0.387 e. The summed E-state index contributed by atoms with van der Waals surface area (Å²) in [4.78, 5) is 4.73. The molecule has 0 spiro atoms. The number of hydrogen-bond donors (Lipinski definition) is 2. The third kappa shape index (κ3) is 2.94. The van der Waals surface area contributed by atoms with Crippen molar-refractivity contribution in [1.82, 2.24) is 10.3 Å². The highest BCUT2D eigenvalue weighted by Gasteiger charge is 2.25. The van der Waals surface area contributed by atoms with Crippen LogP contribution in [0.4, 0.5) is 0 Å². The number of aromatic nitrogens is 1. The van der Waals surface area contributed by atoms with E-state index in [-0.39, 0.29) is 6.04 Å². The molecule has 1 aromatic heterocycles. The molecular weight excluding hydrogens is 260 g/mol. The van der Waals surface area contributed by atoms with Gasteiger partial charge in [-0.3, -0.25) is 4.98 Å². The Morgan fingerprint density at radius 1 is 1.24 bits per heavy atom. The fraction of sp³-hybridized carbons (Fsp3) is 0.500. The lowest BCUT2D eigenvalue weighted by atomic mass is 9.91. The van der Waals surface area contributed by atoms with Gasteiger partial charge in [-0.15, -0.1) is 0 Å². The van der Waals surface area contributed by atoms with Crippen molar-refractivity contribution >= 4 is 10.9 Å². The number of para-hydroxylation sites is 1. The molecule has 3 heteroatoms. The van der Waals surface area contributed by atoms with Crippen molar-refractivity contribution < 1.29 is 5.11 Å². The Morgan fingerprint density at radius 2 is 2.05 bits per heavy atom. The van der Waals surface area contributed by atoms with Crippen LogP contribution < -0.4 is 5.32 Å². The molecule has 0 aliphatic carbocycles. The number of aliphatic hydroxyl groups excluding tert-OH is 1. The van der Waals surface area contributed by atoms with E-state index in [1.807, 2.05) is 18.2 Å². The van der Waals surface area contributed by atoms with Crippen LogP contribution in [0.15, 0.2) is 30.3 Å². The van der Waals surface area contributed by atoms with Crippen molar-refractivity contribution in [2.45, 2.75) is 51.2 Å². The Hall–Kier alpha value is -1.45. The summed E-state index contributed by atoms with van der Waals surface area (Å²) in [5.74, 6) is 0.361. The fourth-order valence-electron chi connectivity index (χ4n) is 3.13. The maximum Gasteiger partial charge on any atom is 0.0950 e. The number of piperidine rings is 1. The third-order valence-electron chi connectivity index (χ3n) is 4.41. The average molecular weight is 284 g/mol. The maximum absolute atomic E-state index is 10.9. The minimum absolute atomic E-state index is 0.157. The first-order valence-corrected chi connectivity index (χ1v) is 7.98. The second-order valence-electron chi connectivity index (χ2n) is 6.31. The zero-order valence-corrected chi connectivity index (χ0v) is 12.8. The maximum atomic E-state index is 10.9. The molecule has 1 aliphatic rings. The van der Waals surface area contributed by atoms with Gasteiger partial charge in [0.05, 0.1) is 11.6 Å². The monoisotopic (exact) mass is 284 g/mol. The molecule has 21 heavy (non-hydrogen) atoms. The molecule has 1 fully saturated rings. The number of nitrogens with zero attached hydrogens (tertiary/aromatic N) is 1. The molecular formula is C18H24N2O. The Balaban J connectivity index is 2.06. The van der Waals surface area contributed by atoms with Crippen LogP contribution in [0.5, 0.6) is 0 Å². The van der Waals surface area contributed by atoms with Crippen molar-refractivity contribution in [2.24, 2.45) is 0 Å². The zero-order valence-electron chi connectivity index (χ0n) is 12.8. The molecule has 2 atom stereocenters. The number of aliphatic hydroxyl groups is 1. The first-order chi connectivity index (χ1) is 10.2. The van der Waals surface area contributed by atoms with E-state index in [0.29, 0.717) is 5.92 Å². The lowest BCUT2D eigenvalue weighted by Gasteiger charge is -2.29. The van der Waals surface area contributed by atoms with Crippen LogP contribution in [0.3, 0.4) is 0 Å². The molecule has 1 aliphatic heterocycles. The van der Waals surface area contributed by atoms with E-state index in [0.717, 1.165) is 35.1 Å². The predicted molar refractivity (Wildman–Crippen MR) is 86.4 cm³/mol. The molecule has 1 saturated heterocycles. The van der Waals surface area contributed by atoms with Crippen LogP contribution in [0.1, 0.15) is 56.4 Å². The third-order valence-corrected chi connectivity index (χ3v) is 4.41. The molecule has 112 valence electrons. The number of benzene rings is 1. The quantitative estimate of drug-likeness (QED) is 0.906. The summed E-state index contributed by atoms with van der Waals surface area (Å²) in [5, 5.41) is 15.4. The van der Waals surface area contributed by atoms with Gasteiger partial charge >= 0.3 is 0 Å². The number of nitrogens with one attached hydrogen (secondary N) is 1. The molecule has 3 rings (SSSR count). The first-order valence-electron chi connectivity index (χ1n) is 7.98. The van der Waals surface area contributed by atoms with Crippen molar-refractivity contribution in [2.75, 3.05) is 6.54 Å². The van der Waals surface area contributed by atoms with Crippen LogP contribution in [0.25, 0.3) is 10.9 Å². The van der Waals surface area contributed by atoms with Crippen molar-refractivity contribution in [3.05, 3.63) is 41.6 Å². The normalized spacial score (nSPS) is 20.9. The van der Waals surface area contributed by atoms with Gasteiger partial charge in [0, 0.05) is 17.1 Å². The highest BCUT2D eigenvalue weighted by atomic mass is 16.3. The summed E-state index contributed by atoms with van der Waals surface area (Å²) >= 11 is 0. The molecule has 3 nitrogen and oxygen atoms in total. The molecule has 0 saturated carbocycles. The van der Waals surface area contributed by atoms with Gasteiger partial charge < -0.3 is 10.4 Å². The highest BCUT2D eigenvalue weighted by Crippen LogP contribution is 2.30. The van der Waals surface area contributed by atoms with Crippen LogP contribution in [-0.2, 0) is 0 Å². The lowest BCUT2D eigenvalue weighted by molar-refractivity contribution is 0.115. The largest absolute Gasteiger partial charge is 0.387 e. The summed E-state index contributed by atoms with van der Waals surface area (Å²) in [6, 6.07) is 10.4. The van der Waals surface area contributed by atoms with Gasteiger partial charge in [0.15, 0.2) is 0 Å². The summed E-state index contributed by atoms with van der Waals surface area (Å²) in [6.45, 7) is 5.29. The SMILES string of the molecule is CC(C)c1cc([C@H](O)[C@H]2CCCCN2)c2ccccc2n1. The summed E-state index contributed by atoms with van der Waals surface area (Å²) in [6.07, 6.45) is 2.97. The van der Waals surface area contributed by atoms with E-state index in [2.05, 4.69) is 31.3 Å². The van der Waals surface area contributed by atoms with E-state index < -0.39 is 6.10 Å². The zero-order chi connectivity index (χ0) is 14.8. The summed E-state index contributed by atoms with van der Waals surface area (Å²) in [7, 11) is 0. The van der Waals surface area contributed by atoms with Crippen LogP contribution in [-0.4, -0.2) is 22.7 Å². The first kappa shape index (κ1) is 14.5. The van der Waals surface area contributed by atoms with Gasteiger partial charge in [-0.2, -0.15) is 0 Å². The predicted octanol–water partition coefficient (Wildman–Crippen LogP) is 3.53. The average Bonchev–Trinajstić information content (AvgIpc) is 2.54.